The molecule has 0 heterocycles. The van der Waals surface area contributed by atoms with Crippen molar-refractivity contribution in [1.29, 1.82) is 0 Å². The fraction of sp³-hybridized carbons (Fsp3) is 0.125. The van der Waals surface area contributed by atoms with Crippen LogP contribution < -0.4 is 0 Å². The third-order valence-electron chi connectivity index (χ3n) is 6.06. The number of carbonyl (C=O) groups excluding carboxylic acids is 3. The molecule has 4 nitrogen and oxygen atoms in total. The van der Waals surface area contributed by atoms with Gasteiger partial charge in [0.05, 0.1) is 5.92 Å². The molecule has 0 bridgehead atoms. The molecule has 1 spiro atoms. The standard InChI is InChI=1S/C24H15ClO4/c25-14-11-9-13(10-12-14)21(27)20-19(17-7-3-4-8-18(17)26)24(20)22(28)15-5-1-2-6-16(15)23(24)29/h1-12,19-20,26H/t19-,20+/m1/s1. The predicted molar refractivity (Wildman–Crippen MR) is 108 cm³/mol. The zero-order chi connectivity index (χ0) is 20.3. The molecule has 5 heteroatoms. The first-order chi connectivity index (χ1) is 14.0. The van der Waals surface area contributed by atoms with E-state index in [2.05, 4.69) is 0 Å². The molecule has 0 amide bonds. The van der Waals surface area contributed by atoms with Gasteiger partial charge in [0.25, 0.3) is 0 Å². The fourth-order valence-electron chi connectivity index (χ4n) is 4.71. The number of phenols is 1. The molecule has 1 fully saturated rings. The lowest BCUT2D eigenvalue weighted by molar-refractivity contribution is 0.0764. The van der Waals surface area contributed by atoms with E-state index in [1.165, 1.54) is 6.07 Å². The quantitative estimate of drug-likeness (QED) is 0.509. The maximum atomic E-state index is 13.4. The van der Waals surface area contributed by atoms with Gasteiger partial charge in [0.1, 0.15) is 11.2 Å². The van der Waals surface area contributed by atoms with E-state index < -0.39 is 17.3 Å². The molecule has 0 unspecified atom stereocenters. The molecule has 5 rings (SSSR count). The van der Waals surface area contributed by atoms with Crippen molar-refractivity contribution < 1.29 is 19.5 Å². The molecule has 2 aliphatic carbocycles. The zero-order valence-corrected chi connectivity index (χ0v) is 15.9. The van der Waals surface area contributed by atoms with Crippen LogP contribution in [0.3, 0.4) is 0 Å². The summed E-state index contributed by atoms with van der Waals surface area (Å²) < 4.78 is 0. The van der Waals surface area contributed by atoms with E-state index >= 15 is 0 Å². The number of Topliss-reactive ketones (excluding diaryl/α,β-unsaturated/α-hetero) is 3. The van der Waals surface area contributed by atoms with E-state index in [0.717, 1.165) is 0 Å². The number of benzene rings is 3. The fourth-order valence-corrected chi connectivity index (χ4v) is 4.83. The second-order valence-electron chi connectivity index (χ2n) is 7.46. The molecule has 0 aromatic heterocycles. The topological polar surface area (TPSA) is 71.4 Å². The highest BCUT2D eigenvalue weighted by Gasteiger charge is 2.79. The summed E-state index contributed by atoms with van der Waals surface area (Å²) in [6, 6.07) is 19.6. The van der Waals surface area contributed by atoms with Crippen LogP contribution in [0.5, 0.6) is 5.75 Å². The van der Waals surface area contributed by atoms with Gasteiger partial charge >= 0.3 is 0 Å². The Bertz CT molecular complexity index is 1160. The van der Waals surface area contributed by atoms with E-state index in [0.29, 0.717) is 27.3 Å². The van der Waals surface area contributed by atoms with Crippen LogP contribution in [0.25, 0.3) is 0 Å². The maximum Gasteiger partial charge on any atom is 0.178 e. The van der Waals surface area contributed by atoms with E-state index in [1.54, 1.807) is 66.7 Å². The Hall–Kier alpha value is -3.24. The van der Waals surface area contributed by atoms with Crippen LogP contribution in [0.2, 0.25) is 5.02 Å². The first kappa shape index (κ1) is 17.8. The van der Waals surface area contributed by atoms with Crippen LogP contribution in [0.4, 0.5) is 0 Å². The highest BCUT2D eigenvalue weighted by molar-refractivity contribution is 6.35. The van der Waals surface area contributed by atoms with Crippen LogP contribution in [-0.4, -0.2) is 22.5 Å². The summed E-state index contributed by atoms with van der Waals surface area (Å²) >= 11 is 5.93. The van der Waals surface area contributed by atoms with Crippen molar-refractivity contribution in [3.05, 3.63) is 100 Å². The summed E-state index contributed by atoms with van der Waals surface area (Å²) in [5.41, 5.74) is -0.00425. The highest BCUT2D eigenvalue weighted by Crippen LogP contribution is 2.71. The SMILES string of the molecule is O=C(c1ccc(Cl)cc1)[C@@H]1[C@@H](c2ccccc2O)C12C(=O)c1ccccc1C2=O. The van der Waals surface area contributed by atoms with Gasteiger partial charge in [-0.05, 0) is 35.9 Å². The minimum absolute atomic E-state index is 0.0279. The number of phenolic OH excluding ortho intramolecular Hbond substituents is 1. The van der Waals surface area contributed by atoms with E-state index in [9.17, 15) is 19.5 Å². The van der Waals surface area contributed by atoms with E-state index in [-0.39, 0.29) is 23.1 Å². The van der Waals surface area contributed by atoms with Gasteiger partial charge < -0.3 is 5.11 Å². The number of ketones is 3. The van der Waals surface area contributed by atoms with Gasteiger partial charge in [0.2, 0.25) is 0 Å². The van der Waals surface area contributed by atoms with Crippen molar-refractivity contribution >= 4 is 29.0 Å². The van der Waals surface area contributed by atoms with Crippen LogP contribution in [-0.2, 0) is 0 Å². The molecule has 3 aromatic carbocycles. The molecule has 142 valence electrons. The Morgan fingerprint density at radius 3 is 1.97 bits per heavy atom. The van der Waals surface area contributed by atoms with Crippen molar-refractivity contribution in [2.45, 2.75) is 5.92 Å². The number of rotatable bonds is 3. The van der Waals surface area contributed by atoms with Crippen molar-refractivity contribution in [1.82, 2.24) is 0 Å². The van der Waals surface area contributed by atoms with Crippen LogP contribution in [0.15, 0.2) is 72.8 Å². The maximum absolute atomic E-state index is 13.4. The number of fused-ring (bicyclic) bond motifs is 1. The normalized spacial score (nSPS) is 21.3. The van der Waals surface area contributed by atoms with Gasteiger partial charge in [-0.25, -0.2) is 0 Å². The molecule has 29 heavy (non-hydrogen) atoms. The third kappa shape index (κ3) is 2.29. The monoisotopic (exact) mass is 402 g/mol. The van der Waals surface area contributed by atoms with E-state index in [1.807, 2.05) is 0 Å². The largest absolute Gasteiger partial charge is 0.508 e. The Labute approximate surface area is 171 Å². The number of hydrogen-bond acceptors (Lipinski definition) is 4. The number of aromatic hydroxyl groups is 1. The predicted octanol–water partition coefficient (Wildman–Crippen LogP) is 4.71. The van der Waals surface area contributed by atoms with Crippen molar-refractivity contribution in [3.63, 3.8) is 0 Å². The summed E-state index contributed by atoms with van der Waals surface area (Å²) in [7, 11) is 0. The average Bonchev–Trinajstić information content (AvgIpc) is 3.38. The molecule has 1 N–H and O–H groups in total. The van der Waals surface area contributed by atoms with Crippen LogP contribution >= 0.6 is 11.6 Å². The molecular weight excluding hydrogens is 388 g/mol. The second kappa shape index (κ2) is 6.13. The number of carbonyl (C=O) groups is 3. The van der Waals surface area contributed by atoms with Gasteiger partial charge in [-0.15, -0.1) is 0 Å². The summed E-state index contributed by atoms with van der Waals surface area (Å²) in [5.74, 6) is -2.61. The summed E-state index contributed by atoms with van der Waals surface area (Å²) in [6.07, 6.45) is 0. The summed E-state index contributed by atoms with van der Waals surface area (Å²) in [5, 5.41) is 10.9. The Kier molecular flexibility index (Phi) is 3.77. The molecule has 3 aromatic rings. The smallest absolute Gasteiger partial charge is 0.178 e. The highest BCUT2D eigenvalue weighted by atomic mass is 35.5. The van der Waals surface area contributed by atoms with Gasteiger partial charge in [-0.1, -0.05) is 54.1 Å². The minimum Gasteiger partial charge on any atom is -0.508 e. The van der Waals surface area contributed by atoms with Gasteiger partial charge in [0.15, 0.2) is 17.3 Å². The van der Waals surface area contributed by atoms with Gasteiger partial charge in [-0.2, -0.15) is 0 Å². The number of para-hydroxylation sites is 1. The molecule has 0 saturated heterocycles. The summed E-state index contributed by atoms with van der Waals surface area (Å²) in [6.45, 7) is 0. The van der Waals surface area contributed by atoms with Crippen molar-refractivity contribution in [2.24, 2.45) is 11.3 Å². The lowest BCUT2D eigenvalue weighted by Gasteiger charge is -2.07. The third-order valence-corrected chi connectivity index (χ3v) is 6.31. The van der Waals surface area contributed by atoms with Gasteiger partial charge in [0, 0.05) is 27.6 Å². The lowest BCUT2D eigenvalue weighted by Crippen LogP contribution is -2.23. The Morgan fingerprint density at radius 1 is 0.828 bits per heavy atom. The lowest BCUT2D eigenvalue weighted by atomic mass is 9.91. The van der Waals surface area contributed by atoms with E-state index in [4.69, 9.17) is 11.6 Å². The molecule has 2 atom stereocenters. The van der Waals surface area contributed by atoms with Crippen LogP contribution in [0, 0.1) is 11.3 Å². The minimum atomic E-state index is -1.50. The molecular formula is C24H15ClO4. The average molecular weight is 403 g/mol. The molecule has 0 aliphatic heterocycles. The zero-order valence-electron chi connectivity index (χ0n) is 15.1. The second-order valence-corrected chi connectivity index (χ2v) is 7.89. The molecule has 2 aliphatic rings. The Morgan fingerprint density at radius 2 is 1.38 bits per heavy atom. The van der Waals surface area contributed by atoms with Crippen molar-refractivity contribution in [2.75, 3.05) is 0 Å². The van der Waals surface area contributed by atoms with Gasteiger partial charge in [-0.3, -0.25) is 14.4 Å². The summed E-state index contributed by atoms with van der Waals surface area (Å²) in [4.78, 5) is 40.2. The first-order valence-corrected chi connectivity index (χ1v) is 9.62. The Balaban J connectivity index is 1.68. The number of hydrogen-bond donors (Lipinski definition) is 1. The first-order valence-electron chi connectivity index (χ1n) is 9.24. The molecule has 1 saturated carbocycles. The van der Waals surface area contributed by atoms with Crippen molar-refractivity contribution in [3.8, 4) is 5.75 Å². The number of halogens is 1. The molecule has 0 radical (unpaired) electrons. The van der Waals surface area contributed by atoms with Crippen LogP contribution in [0.1, 0.15) is 42.6 Å².